The molecule has 1 aromatic rings. The van der Waals surface area contributed by atoms with E-state index in [1.165, 1.54) is 12.1 Å². The average Bonchev–Trinajstić information content (AvgIpc) is 1.85. The van der Waals surface area contributed by atoms with Crippen LogP contribution in [0, 0.1) is 0 Å². The number of nitrogen functional groups attached to an aromatic ring is 1. The van der Waals surface area contributed by atoms with Gasteiger partial charge in [0.15, 0.2) is 0 Å². The van der Waals surface area contributed by atoms with Gasteiger partial charge >= 0.3 is 5.97 Å². The molecule has 0 fully saturated rings. The standard InChI is InChI=1S/C7H7NO2S/c8-5-1-4(7(9)10)2-6(11)3-5/h1-3,11H,8H2,(H,9,10). The number of carboxylic acid groups (broad SMARTS) is 1. The van der Waals surface area contributed by atoms with Crippen LogP contribution in [0.15, 0.2) is 23.1 Å². The second-order valence-corrected chi connectivity index (χ2v) is 2.63. The quantitative estimate of drug-likeness (QED) is 0.438. The van der Waals surface area contributed by atoms with Crippen LogP contribution in [0.3, 0.4) is 0 Å². The molecule has 0 saturated heterocycles. The molecular weight excluding hydrogens is 162 g/mol. The Balaban J connectivity index is 3.19. The number of anilines is 1. The molecule has 1 aromatic carbocycles. The maximum absolute atomic E-state index is 10.4. The molecule has 0 atom stereocenters. The fourth-order valence-corrected chi connectivity index (χ4v) is 1.05. The van der Waals surface area contributed by atoms with Gasteiger partial charge in [0, 0.05) is 10.6 Å². The number of hydrogen-bond acceptors (Lipinski definition) is 3. The molecule has 0 aromatic heterocycles. The molecule has 11 heavy (non-hydrogen) atoms. The zero-order valence-electron chi connectivity index (χ0n) is 5.61. The van der Waals surface area contributed by atoms with Crippen molar-refractivity contribution in [2.45, 2.75) is 4.90 Å². The fraction of sp³-hybridized carbons (Fsp3) is 0. The Labute approximate surface area is 69.2 Å². The first-order chi connectivity index (χ1) is 5.09. The first-order valence-corrected chi connectivity index (χ1v) is 3.37. The third kappa shape index (κ3) is 1.88. The summed E-state index contributed by atoms with van der Waals surface area (Å²) in [6.45, 7) is 0. The van der Waals surface area contributed by atoms with Gasteiger partial charge in [0.05, 0.1) is 5.56 Å². The van der Waals surface area contributed by atoms with Gasteiger partial charge in [-0.05, 0) is 18.2 Å². The molecule has 0 amide bonds. The van der Waals surface area contributed by atoms with Crippen molar-refractivity contribution in [1.82, 2.24) is 0 Å². The van der Waals surface area contributed by atoms with Crippen LogP contribution in [0.4, 0.5) is 5.69 Å². The van der Waals surface area contributed by atoms with Crippen LogP contribution in [-0.2, 0) is 0 Å². The van der Waals surface area contributed by atoms with Gasteiger partial charge in [0.25, 0.3) is 0 Å². The SMILES string of the molecule is Nc1cc(S)cc(C(=O)O)c1. The summed E-state index contributed by atoms with van der Waals surface area (Å²) < 4.78 is 0. The van der Waals surface area contributed by atoms with Crippen molar-refractivity contribution < 1.29 is 9.90 Å². The largest absolute Gasteiger partial charge is 0.478 e. The Morgan fingerprint density at radius 2 is 2.09 bits per heavy atom. The van der Waals surface area contributed by atoms with Gasteiger partial charge in [-0.1, -0.05) is 0 Å². The summed E-state index contributed by atoms with van der Waals surface area (Å²) in [7, 11) is 0. The van der Waals surface area contributed by atoms with Gasteiger partial charge in [0.1, 0.15) is 0 Å². The van der Waals surface area contributed by atoms with Crippen LogP contribution in [0.5, 0.6) is 0 Å². The van der Waals surface area contributed by atoms with Crippen LogP contribution in [0.2, 0.25) is 0 Å². The molecule has 1 rings (SSSR count). The molecule has 0 aliphatic heterocycles. The molecule has 3 N–H and O–H groups in total. The number of aromatic carboxylic acids is 1. The zero-order valence-corrected chi connectivity index (χ0v) is 6.51. The highest BCUT2D eigenvalue weighted by atomic mass is 32.1. The number of benzene rings is 1. The van der Waals surface area contributed by atoms with E-state index in [2.05, 4.69) is 12.6 Å². The topological polar surface area (TPSA) is 63.3 Å². The van der Waals surface area contributed by atoms with E-state index in [9.17, 15) is 4.79 Å². The van der Waals surface area contributed by atoms with Crippen LogP contribution in [-0.4, -0.2) is 11.1 Å². The maximum Gasteiger partial charge on any atom is 0.335 e. The number of nitrogens with two attached hydrogens (primary N) is 1. The summed E-state index contributed by atoms with van der Waals surface area (Å²) in [6, 6.07) is 4.43. The summed E-state index contributed by atoms with van der Waals surface area (Å²) >= 11 is 3.98. The van der Waals surface area contributed by atoms with Crippen LogP contribution in [0.25, 0.3) is 0 Å². The van der Waals surface area contributed by atoms with E-state index in [4.69, 9.17) is 10.8 Å². The molecule has 0 unspecified atom stereocenters. The number of hydrogen-bond donors (Lipinski definition) is 3. The van der Waals surface area contributed by atoms with Gasteiger partial charge in [-0.25, -0.2) is 4.79 Å². The van der Waals surface area contributed by atoms with Crippen molar-refractivity contribution in [3.8, 4) is 0 Å². The molecule has 0 saturated carbocycles. The van der Waals surface area contributed by atoms with E-state index < -0.39 is 5.97 Å². The molecule has 0 spiro atoms. The Hall–Kier alpha value is -1.16. The third-order valence-electron chi connectivity index (χ3n) is 1.19. The number of carboxylic acids is 1. The van der Waals surface area contributed by atoms with Crippen molar-refractivity contribution in [1.29, 1.82) is 0 Å². The third-order valence-corrected chi connectivity index (χ3v) is 1.45. The molecule has 0 aliphatic carbocycles. The summed E-state index contributed by atoms with van der Waals surface area (Å²) in [5.74, 6) is -0.993. The lowest BCUT2D eigenvalue weighted by Gasteiger charge is -1.98. The lowest BCUT2D eigenvalue weighted by atomic mass is 10.2. The Bertz CT molecular complexity index is 278. The summed E-state index contributed by atoms with van der Waals surface area (Å²) in [5.41, 5.74) is 5.96. The summed E-state index contributed by atoms with van der Waals surface area (Å²) in [4.78, 5) is 11.0. The second kappa shape index (κ2) is 2.84. The maximum atomic E-state index is 10.4. The summed E-state index contributed by atoms with van der Waals surface area (Å²) in [6.07, 6.45) is 0. The Morgan fingerprint density at radius 1 is 1.45 bits per heavy atom. The molecule has 0 aliphatic rings. The van der Waals surface area contributed by atoms with E-state index in [1.807, 2.05) is 0 Å². The summed E-state index contributed by atoms with van der Waals surface area (Å²) in [5, 5.41) is 8.54. The van der Waals surface area contributed by atoms with E-state index >= 15 is 0 Å². The molecule has 0 heterocycles. The van der Waals surface area contributed by atoms with Crippen molar-refractivity contribution in [2.24, 2.45) is 0 Å². The first-order valence-electron chi connectivity index (χ1n) is 2.92. The van der Waals surface area contributed by atoms with Gasteiger partial charge in [0.2, 0.25) is 0 Å². The average molecular weight is 169 g/mol. The monoisotopic (exact) mass is 169 g/mol. The molecule has 58 valence electrons. The Morgan fingerprint density at radius 3 is 2.55 bits per heavy atom. The molecular formula is C7H7NO2S. The molecule has 0 radical (unpaired) electrons. The first kappa shape index (κ1) is 7.94. The van der Waals surface area contributed by atoms with Gasteiger partial charge in [-0.3, -0.25) is 0 Å². The second-order valence-electron chi connectivity index (χ2n) is 2.12. The van der Waals surface area contributed by atoms with Crippen molar-refractivity contribution in [2.75, 3.05) is 5.73 Å². The van der Waals surface area contributed by atoms with E-state index in [1.54, 1.807) is 6.07 Å². The van der Waals surface area contributed by atoms with Crippen molar-refractivity contribution in [3.63, 3.8) is 0 Å². The highest BCUT2D eigenvalue weighted by molar-refractivity contribution is 7.80. The van der Waals surface area contributed by atoms with Gasteiger partial charge in [-0.15, -0.1) is 12.6 Å². The number of carbonyl (C=O) groups is 1. The number of thiol groups is 1. The smallest absolute Gasteiger partial charge is 0.335 e. The predicted octanol–water partition coefficient (Wildman–Crippen LogP) is 1.26. The van der Waals surface area contributed by atoms with Crippen molar-refractivity contribution >= 4 is 24.3 Å². The van der Waals surface area contributed by atoms with E-state index in [0.29, 0.717) is 10.6 Å². The van der Waals surface area contributed by atoms with E-state index in [0.717, 1.165) is 0 Å². The minimum absolute atomic E-state index is 0.162. The Kier molecular flexibility index (Phi) is 2.05. The molecule has 4 heteroatoms. The van der Waals surface area contributed by atoms with Crippen molar-refractivity contribution in [3.05, 3.63) is 23.8 Å². The van der Waals surface area contributed by atoms with Crippen LogP contribution in [0.1, 0.15) is 10.4 Å². The minimum Gasteiger partial charge on any atom is -0.478 e. The van der Waals surface area contributed by atoms with Gasteiger partial charge < -0.3 is 10.8 Å². The predicted molar refractivity (Wildman–Crippen MR) is 45.1 cm³/mol. The highest BCUT2D eigenvalue weighted by Crippen LogP contribution is 2.14. The van der Waals surface area contributed by atoms with Crippen LogP contribution < -0.4 is 5.73 Å². The lowest BCUT2D eigenvalue weighted by molar-refractivity contribution is 0.0696. The normalized spacial score (nSPS) is 9.55. The minimum atomic E-state index is -0.993. The molecule has 3 nitrogen and oxygen atoms in total. The lowest BCUT2D eigenvalue weighted by Crippen LogP contribution is -1.97. The highest BCUT2D eigenvalue weighted by Gasteiger charge is 2.02. The molecule has 0 bridgehead atoms. The fourth-order valence-electron chi connectivity index (χ4n) is 0.758. The van der Waals surface area contributed by atoms with Gasteiger partial charge in [-0.2, -0.15) is 0 Å². The zero-order chi connectivity index (χ0) is 8.43. The van der Waals surface area contributed by atoms with Crippen LogP contribution >= 0.6 is 12.6 Å². The van der Waals surface area contributed by atoms with E-state index in [-0.39, 0.29) is 5.56 Å². The number of rotatable bonds is 1.